The molecule has 0 aromatic heterocycles. The Balaban J connectivity index is 1.88. The summed E-state index contributed by atoms with van der Waals surface area (Å²) in [7, 11) is 0. The van der Waals surface area contributed by atoms with E-state index in [-0.39, 0.29) is 5.41 Å². The van der Waals surface area contributed by atoms with E-state index in [1.807, 2.05) is 12.1 Å². The highest BCUT2D eigenvalue weighted by Crippen LogP contribution is 2.61. The lowest BCUT2D eigenvalue weighted by Gasteiger charge is -2.46. The normalized spacial score (nSPS) is 34.7. The molecule has 0 amide bonds. The number of rotatable bonds is 1. The predicted molar refractivity (Wildman–Crippen MR) is 80.4 cm³/mol. The smallest absolute Gasteiger partial charge is 0.101 e. The molecular formula is C19H17N3. The summed E-state index contributed by atoms with van der Waals surface area (Å²) in [6.07, 6.45) is 7.43. The van der Waals surface area contributed by atoms with Crippen LogP contribution in [0.25, 0.3) is 0 Å². The topological polar surface area (TPSA) is 71.4 Å². The zero-order valence-electron chi connectivity index (χ0n) is 12.5. The van der Waals surface area contributed by atoms with E-state index < -0.39 is 0 Å². The second-order valence-corrected chi connectivity index (χ2v) is 7.36. The van der Waals surface area contributed by atoms with Gasteiger partial charge in [-0.1, -0.05) is 0 Å². The van der Waals surface area contributed by atoms with Gasteiger partial charge in [-0.2, -0.15) is 15.8 Å². The van der Waals surface area contributed by atoms with Crippen LogP contribution in [0.2, 0.25) is 0 Å². The van der Waals surface area contributed by atoms with Crippen LogP contribution in [0.15, 0.2) is 12.1 Å². The Morgan fingerprint density at radius 3 is 2.27 bits per heavy atom. The predicted octanol–water partition coefficient (Wildman–Crippen LogP) is 3.77. The first-order chi connectivity index (χ1) is 10.7. The van der Waals surface area contributed by atoms with Gasteiger partial charge in [-0.15, -0.1) is 0 Å². The van der Waals surface area contributed by atoms with Gasteiger partial charge in [-0.3, -0.25) is 0 Å². The molecule has 3 aliphatic carbocycles. The number of benzene rings is 1. The Bertz CT molecular complexity index is 770. The molecule has 0 unspecified atom stereocenters. The fraction of sp³-hybridized carbons (Fsp3) is 0.526. The molecule has 1 aromatic rings. The molecule has 1 aromatic carbocycles. The van der Waals surface area contributed by atoms with Crippen molar-refractivity contribution < 1.29 is 0 Å². The lowest BCUT2D eigenvalue weighted by Crippen LogP contribution is -2.38. The molecular weight excluding hydrogens is 270 g/mol. The first kappa shape index (κ1) is 13.4. The lowest BCUT2D eigenvalue weighted by molar-refractivity contribution is 0.138. The monoisotopic (exact) mass is 287 g/mol. The van der Waals surface area contributed by atoms with E-state index in [4.69, 9.17) is 0 Å². The molecule has 0 heterocycles. The minimum Gasteiger partial charge on any atom is -0.192 e. The first-order valence-corrected chi connectivity index (χ1v) is 8.08. The van der Waals surface area contributed by atoms with Crippen LogP contribution in [0.4, 0.5) is 0 Å². The number of nitrogens with zero attached hydrogens (tertiary/aromatic N) is 3. The summed E-state index contributed by atoms with van der Waals surface area (Å²) in [4.78, 5) is 0. The van der Waals surface area contributed by atoms with Crippen molar-refractivity contribution in [2.24, 2.45) is 17.8 Å². The molecule has 4 rings (SSSR count). The van der Waals surface area contributed by atoms with E-state index in [0.717, 1.165) is 36.2 Å². The van der Waals surface area contributed by atoms with E-state index in [9.17, 15) is 15.8 Å². The zero-order chi connectivity index (χ0) is 15.3. The summed E-state index contributed by atoms with van der Waals surface area (Å²) >= 11 is 0. The third kappa shape index (κ3) is 1.71. The van der Waals surface area contributed by atoms with Crippen LogP contribution >= 0.6 is 0 Å². The van der Waals surface area contributed by atoms with Crippen LogP contribution in [0.1, 0.15) is 60.8 Å². The summed E-state index contributed by atoms with van der Waals surface area (Å²) in [5.41, 5.74) is 2.47. The Hall–Kier alpha value is -2.31. The highest BCUT2D eigenvalue weighted by atomic mass is 14.6. The van der Waals surface area contributed by atoms with Crippen molar-refractivity contribution in [2.45, 2.75) is 43.9 Å². The maximum Gasteiger partial charge on any atom is 0.101 e. The minimum atomic E-state index is 0.0746. The quantitative estimate of drug-likeness (QED) is 0.789. The molecule has 3 fully saturated rings. The van der Waals surface area contributed by atoms with Crippen molar-refractivity contribution in [3.8, 4) is 18.2 Å². The van der Waals surface area contributed by atoms with Crippen LogP contribution in [-0.4, -0.2) is 0 Å². The molecule has 3 aliphatic rings. The number of nitriles is 3. The fourth-order valence-corrected chi connectivity index (χ4v) is 5.58. The maximum absolute atomic E-state index is 9.56. The van der Waals surface area contributed by atoms with Crippen molar-refractivity contribution in [1.29, 1.82) is 15.8 Å². The van der Waals surface area contributed by atoms with Crippen LogP contribution in [-0.2, 0) is 5.41 Å². The second kappa shape index (κ2) is 4.59. The van der Waals surface area contributed by atoms with E-state index in [1.54, 1.807) is 6.07 Å². The summed E-state index contributed by atoms with van der Waals surface area (Å²) in [5.74, 6) is 2.49. The van der Waals surface area contributed by atoms with Crippen molar-refractivity contribution in [3.05, 3.63) is 34.4 Å². The highest BCUT2D eigenvalue weighted by molar-refractivity contribution is 5.56. The third-order valence-corrected chi connectivity index (χ3v) is 6.36. The van der Waals surface area contributed by atoms with Gasteiger partial charge in [0.05, 0.1) is 22.8 Å². The van der Waals surface area contributed by atoms with Crippen molar-refractivity contribution in [1.82, 2.24) is 0 Å². The average Bonchev–Trinajstić information content (AvgIpc) is 2.76. The van der Waals surface area contributed by atoms with E-state index in [1.165, 1.54) is 25.7 Å². The Labute approximate surface area is 130 Å². The van der Waals surface area contributed by atoms with Gasteiger partial charge in [0.2, 0.25) is 0 Å². The van der Waals surface area contributed by atoms with E-state index in [2.05, 4.69) is 12.1 Å². The molecule has 3 saturated carbocycles. The standard InChI is InChI=1S/C19H17N3/c20-9-15-5-17(11-22)18(6-16(15)10-21)19-2-1-13-3-12(7-19)4-14(13)8-19/h5-6,12-14H,1-4,7-8H2/t12-,13+,14+,19+/m1/s1. The van der Waals surface area contributed by atoms with Crippen LogP contribution in [0.5, 0.6) is 0 Å². The Kier molecular flexibility index (Phi) is 2.79. The van der Waals surface area contributed by atoms with Crippen molar-refractivity contribution >= 4 is 0 Å². The lowest BCUT2D eigenvalue weighted by atomic mass is 9.58. The average molecular weight is 287 g/mol. The molecule has 108 valence electrons. The molecule has 0 aliphatic heterocycles. The van der Waals surface area contributed by atoms with E-state index in [0.29, 0.717) is 16.7 Å². The van der Waals surface area contributed by atoms with Gasteiger partial charge in [-0.25, -0.2) is 0 Å². The molecule has 22 heavy (non-hydrogen) atoms. The molecule has 3 bridgehead atoms. The second-order valence-electron chi connectivity index (χ2n) is 7.36. The molecule has 0 saturated heterocycles. The molecule has 0 spiro atoms. The molecule has 3 nitrogen and oxygen atoms in total. The summed E-state index contributed by atoms with van der Waals surface area (Å²) in [6.45, 7) is 0. The van der Waals surface area contributed by atoms with Gasteiger partial charge in [0.25, 0.3) is 0 Å². The van der Waals surface area contributed by atoms with Gasteiger partial charge in [0, 0.05) is 0 Å². The highest BCUT2D eigenvalue weighted by Gasteiger charge is 2.53. The van der Waals surface area contributed by atoms with Crippen LogP contribution in [0.3, 0.4) is 0 Å². The maximum atomic E-state index is 9.56. The number of hydrogen-bond acceptors (Lipinski definition) is 3. The molecule has 0 N–H and O–H groups in total. The summed E-state index contributed by atoms with van der Waals surface area (Å²) in [6, 6.07) is 9.95. The van der Waals surface area contributed by atoms with Crippen molar-refractivity contribution in [2.75, 3.05) is 0 Å². The largest absolute Gasteiger partial charge is 0.192 e. The van der Waals surface area contributed by atoms with Crippen LogP contribution in [0, 0.1) is 51.7 Å². The summed E-state index contributed by atoms with van der Waals surface area (Å²) < 4.78 is 0. The SMILES string of the molecule is N#Cc1cc(C#N)c([C@]23CC[C@H]4C[C@H](C[C@H]4C2)C3)cc1C#N. The first-order valence-electron chi connectivity index (χ1n) is 8.08. The van der Waals surface area contributed by atoms with Gasteiger partial charge in [0.1, 0.15) is 12.1 Å². The van der Waals surface area contributed by atoms with Crippen molar-refractivity contribution in [3.63, 3.8) is 0 Å². The molecule has 3 heteroatoms. The molecule has 4 atom stereocenters. The minimum absolute atomic E-state index is 0.0746. The third-order valence-electron chi connectivity index (χ3n) is 6.36. The van der Waals surface area contributed by atoms with Gasteiger partial charge < -0.3 is 0 Å². The molecule has 0 radical (unpaired) electrons. The number of hydrogen-bond donors (Lipinski definition) is 0. The van der Waals surface area contributed by atoms with Gasteiger partial charge >= 0.3 is 0 Å². The Morgan fingerprint density at radius 1 is 0.864 bits per heavy atom. The fourth-order valence-electron chi connectivity index (χ4n) is 5.58. The van der Waals surface area contributed by atoms with Gasteiger partial charge in [0.15, 0.2) is 0 Å². The van der Waals surface area contributed by atoms with E-state index >= 15 is 0 Å². The Morgan fingerprint density at radius 2 is 1.55 bits per heavy atom. The summed E-state index contributed by atoms with van der Waals surface area (Å²) in [5, 5.41) is 28.1. The van der Waals surface area contributed by atoms with Gasteiger partial charge in [-0.05, 0) is 79.4 Å². The van der Waals surface area contributed by atoms with Crippen LogP contribution < -0.4 is 0 Å². The number of fused-ring (bicyclic) bond motifs is 2. The zero-order valence-corrected chi connectivity index (χ0v) is 12.5.